The van der Waals surface area contributed by atoms with Gasteiger partial charge in [0.15, 0.2) is 0 Å². The molecule has 0 aromatic carbocycles. The van der Waals surface area contributed by atoms with Crippen LogP contribution in [0.25, 0.3) is 0 Å². The van der Waals surface area contributed by atoms with Crippen LogP contribution in [0.4, 0.5) is 0 Å². The first-order chi connectivity index (χ1) is 10.6. The van der Waals surface area contributed by atoms with Crippen LogP contribution in [0, 0.1) is 5.92 Å². The predicted molar refractivity (Wildman–Crippen MR) is 76.9 cm³/mol. The van der Waals surface area contributed by atoms with Crippen molar-refractivity contribution in [1.82, 2.24) is 19.7 Å². The summed E-state index contributed by atoms with van der Waals surface area (Å²) >= 11 is 0. The third-order valence-electron chi connectivity index (χ3n) is 4.44. The van der Waals surface area contributed by atoms with Crippen molar-refractivity contribution >= 4 is 11.8 Å². The highest BCUT2D eigenvalue weighted by Gasteiger charge is 2.36. The van der Waals surface area contributed by atoms with Crippen molar-refractivity contribution in [2.45, 2.75) is 38.3 Å². The highest BCUT2D eigenvalue weighted by atomic mass is 16.5. The Morgan fingerprint density at radius 3 is 2.86 bits per heavy atom. The number of ether oxygens (including phenoxy) is 1. The summed E-state index contributed by atoms with van der Waals surface area (Å²) < 4.78 is 7.21. The molecule has 0 saturated carbocycles. The van der Waals surface area contributed by atoms with Crippen LogP contribution in [0.2, 0.25) is 0 Å². The van der Waals surface area contributed by atoms with Crippen molar-refractivity contribution in [2.24, 2.45) is 11.7 Å². The maximum absolute atomic E-state index is 12.6. The van der Waals surface area contributed by atoms with Gasteiger partial charge in [-0.15, -0.1) is 5.10 Å². The molecule has 2 aliphatic rings. The third kappa shape index (κ3) is 2.83. The SMILES string of the molecule is C[C@@H]1CCO[C@H]1C(=O)N1CCC[C@H](n2cnc(C(N)=O)n2)C1. The number of nitrogens with zero attached hydrogens (tertiary/aromatic N) is 4. The van der Waals surface area contributed by atoms with Crippen LogP contribution in [0.1, 0.15) is 42.8 Å². The Morgan fingerprint density at radius 1 is 1.41 bits per heavy atom. The quantitative estimate of drug-likeness (QED) is 0.844. The van der Waals surface area contributed by atoms with E-state index in [4.69, 9.17) is 10.5 Å². The molecule has 22 heavy (non-hydrogen) atoms. The van der Waals surface area contributed by atoms with Crippen molar-refractivity contribution in [1.29, 1.82) is 0 Å². The van der Waals surface area contributed by atoms with Gasteiger partial charge in [-0.05, 0) is 25.2 Å². The second-order valence-electron chi connectivity index (χ2n) is 6.05. The third-order valence-corrected chi connectivity index (χ3v) is 4.44. The standard InChI is InChI=1S/C14H21N5O3/c1-9-4-6-22-11(9)14(21)18-5-2-3-10(7-18)19-8-16-13(17-19)12(15)20/h8-11H,2-7H2,1H3,(H2,15,20)/t9-,10+,11-/m1/s1. The van der Waals surface area contributed by atoms with Crippen molar-refractivity contribution in [3.63, 3.8) is 0 Å². The summed E-state index contributed by atoms with van der Waals surface area (Å²) in [5.41, 5.74) is 5.17. The lowest BCUT2D eigenvalue weighted by molar-refractivity contribution is -0.144. The molecule has 120 valence electrons. The van der Waals surface area contributed by atoms with Crippen molar-refractivity contribution in [3.05, 3.63) is 12.2 Å². The van der Waals surface area contributed by atoms with Crippen LogP contribution in [0.3, 0.4) is 0 Å². The van der Waals surface area contributed by atoms with Crippen LogP contribution < -0.4 is 5.73 Å². The van der Waals surface area contributed by atoms with Crippen LogP contribution in [0.5, 0.6) is 0 Å². The minimum atomic E-state index is -0.643. The number of primary amides is 1. The maximum atomic E-state index is 12.6. The summed E-state index contributed by atoms with van der Waals surface area (Å²) in [5.74, 6) is -0.308. The second kappa shape index (κ2) is 6.04. The fourth-order valence-corrected chi connectivity index (χ4v) is 3.13. The summed E-state index contributed by atoms with van der Waals surface area (Å²) in [6, 6.07) is 0.0232. The zero-order valence-electron chi connectivity index (χ0n) is 12.6. The molecule has 8 heteroatoms. The molecule has 2 aliphatic heterocycles. The normalized spacial score (nSPS) is 28.8. The zero-order chi connectivity index (χ0) is 15.7. The molecule has 2 fully saturated rings. The summed E-state index contributed by atoms with van der Waals surface area (Å²) in [6.07, 6.45) is 3.90. The van der Waals surface area contributed by atoms with E-state index in [9.17, 15) is 9.59 Å². The smallest absolute Gasteiger partial charge is 0.288 e. The molecule has 0 unspecified atom stereocenters. The molecule has 0 spiro atoms. The topological polar surface area (TPSA) is 103 Å². The van der Waals surface area contributed by atoms with E-state index in [1.807, 2.05) is 11.8 Å². The molecule has 2 saturated heterocycles. The number of nitrogens with two attached hydrogens (primary N) is 1. The average molecular weight is 307 g/mol. The van der Waals surface area contributed by atoms with E-state index >= 15 is 0 Å². The molecule has 3 rings (SSSR count). The van der Waals surface area contributed by atoms with Gasteiger partial charge in [0.2, 0.25) is 5.82 Å². The van der Waals surface area contributed by atoms with E-state index in [0.29, 0.717) is 13.2 Å². The summed E-state index contributed by atoms with van der Waals surface area (Å²) in [6.45, 7) is 4.00. The number of hydrogen-bond donors (Lipinski definition) is 1. The summed E-state index contributed by atoms with van der Waals surface area (Å²) in [4.78, 5) is 29.4. The maximum Gasteiger partial charge on any atom is 0.288 e. The molecule has 1 aromatic heterocycles. The Balaban J connectivity index is 1.68. The largest absolute Gasteiger partial charge is 0.368 e. The molecular weight excluding hydrogens is 286 g/mol. The number of hydrogen-bond acceptors (Lipinski definition) is 5. The Labute approximate surface area is 128 Å². The molecule has 0 aliphatic carbocycles. The highest BCUT2D eigenvalue weighted by Crippen LogP contribution is 2.26. The lowest BCUT2D eigenvalue weighted by Gasteiger charge is -2.34. The van der Waals surface area contributed by atoms with E-state index < -0.39 is 5.91 Å². The van der Waals surface area contributed by atoms with Gasteiger partial charge in [0.05, 0.1) is 6.04 Å². The van der Waals surface area contributed by atoms with Crippen LogP contribution in [-0.2, 0) is 9.53 Å². The van der Waals surface area contributed by atoms with Crippen LogP contribution in [0.15, 0.2) is 6.33 Å². The van der Waals surface area contributed by atoms with E-state index in [1.165, 1.54) is 6.33 Å². The fourth-order valence-electron chi connectivity index (χ4n) is 3.13. The molecular formula is C14H21N5O3. The number of rotatable bonds is 3. The Morgan fingerprint density at radius 2 is 2.23 bits per heavy atom. The first-order valence-corrected chi connectivity index (χ1v) is 7.67. The van der Waals surface area contributed by atoms with Crippen molar-refractivity contribution in [3.8, 4) is 0 Å². The van der Waals surface area contributed by atoms with Gasteiger partial charge in [0.1, 0.15) is 12.4 Å². The number of piperidine rings is 1. The number of carbonyl (C=O) groups excluding carboxylic acids is 2. The van der Waals surface area contributed by atoms with Gasteiger partial charge >= 0.3 is 0 Å². The number of carbonyl (C=O) groups is 2. The molecule has 3 heterocycles. The number of amides is 2. The van der Waals surface area contributed by atoms with Gasteiger partial charge < -0.3 is 15.4 Å². The zero-order valence-corrected chi connectivity index (χ0v) is 12.6. The van der Waals surface area contributed by atoms with Crippen molar-refractivity contribution < 1.29 is 14.3 Å². The van der Waals surface area contributed by atoms with Gasteiger partial charge in [0.25, 0.3) is 11.8 Å². The lowest BCUT2D eigenvalue weighted by atomic mass is 10.0. The first kappa shape index (κ1) is 15.0. The molecule has 3 atom stereocenters. The second-order valence-corrected chi connectivity index (χ2v) is 6.05. The van der Waals surface area contributed by atoms with Gasteiger partial charge in [-0.3, -0.25) is 9.59 Å². The highest BCUT2D eigenvalue weighted by molar-refractivity contribution is 5.88. The van der Waals surface area contributed by atoms with Crippen molar-refractivity contribution in [2.75, 3.05) is 19.7 Å². The minimum Gasteiger partial charge on any atom is -0.368 e. The molecule has 2 N–H and O–H groups in total. The molecule has 0 bridgehead atoms. The molecule has 8 nitrogen and oxygen atoms in total. The Kier molecular flexibility index (Phi) is 4.10. The molecule has 2 amide bonds. The fraction of sp³-hybridized carbons (Fsp3) is 0.714. The van der Waals surface area contributed by atoms with Gasteiger partial charge in [-0.2, -0.15) is 0 Å². The summed E-state index contributed by atoms with van der Waals surface area (Å²) in [7, 11) is 0. The van der Waals surface area contributed by atoms with E-state index in [0.717, 1.165) is 25.8 Å². The lowest BCUT2D eigenvalue weighted by Crippen LogP contribution is -2.46. The monoisotopic (exact) mass is 307 g/mol. The van der Waals surface area contributed by atoms with E-state index in [-0.39, 0.29) is 29.8 Å². The van der Waals surface area contributed by atoms with E-state index in [2.05, 4.69) is 10.1 Å². The van der Waals surface area contributed by atoms with Gasteiger partial charge in [-0.25, -0.2) is 9.67 Å². The first-order valence-electron chi connectivity index (χ1n) is 7.67. The number of aromatic nitrogens is 3. The summed E-state index contributed by atoms with van der Waals surface area (Å²) in [5, 5.41) is 4.10. The molecule has 0 radical (unpaired) electrons. The average Bonchev–Trinajstić information content (AvgIpc) is 3.15. The van der Waals surface area contributed by atoms with Gasteiger partial charge in [-0.1, -0.05) is 6.92 Å². The molecule has 1 aromatic rings. The van der Waals surface area contributed by atoms with Crippen LogP contribution in [-0.4, -0.2) is 57.3 Å². The van der Waals surface area contributed by atoms with Gasteiger partial charge in [0, 0.05) is 19.7 Å². The minimum absolute atomic E-state index is 0.0104. The van der Waals surface area contributed by atoms with E-state index in [1.54, 1.807) is 4.68 Å². The Hall–Kier alpha value is -1.96. The number of likely N-dealkylation sites (tertiary alicyclic amines) is 1. The predicted octanol–water partition coefficient (Wildman–Crippen LogP) is -0.0345. The Bertz CT molecular complexity index is 573. The van der Waals surface area contributed by atoms with Crippen LogP contribution >= 0.6 is 0 Å².